The Hall–Kier alpha value is -1.85. The highest BCUT2D eigenvalue weighted by atomic mass is 15.5. The number of nitrogen functional groups attached to an aromatic ring is 1. The molecule has 0 aromatic carbocycles. The van der Waals surface area contributed by atoms with Gasteiger partial charge in [0.05, 0.1) is 5.69 Å². The normalized spacial score (nSPS) is 11.2. The summed E-state index contributed by atoms with van der Waals surface area (Å²) in [5.74, 6) is 0.562. The van der Waals surface area contributed by atoms with Crippen LogP contribution in [0, 0.1) is 12.8 Å². The fourth-order valence-corrected chi connectivity index (χ4v) is 1.52. The Morgan fingerprint density at radius 3 is 2.94 bits per heavy atom. The van der Waals surface area contributed by atoms with Crippen molar-refractivity contribution in [2.75, 3.05) is 17.6 Å². The Bertz CT molecular complexity index is 501. The second kappa shape index (κ2) is 3.96. The summed E-state index contributed by atoms with van der Waals surface area (Å²) in [7, 11) is 0. The SMILES string of the molecule is Cc1cc(NCC(C)C)c(N)c2nnnn12. The quantitative estimate of drug-likeness (QED) is 0.809. The average Bonchev–Trinajstić information content (AvgIpc) is 2.70. The lowest BCUT2D eigenvalue weighted by Crippen LogP contribution is -2.11. The van der Waals surface area contributed by atoms with Gasteiger partial charge in [0.15, 0.2) is 0 Å². The number of pyridine rings is 1. The minimum absolute atomic E-state index is 0.562. The van der Waals surface area contributed by atoms with Gasteiger partial charge in [-0.05, 0) is 29.3 Å². The van der Waals surface area contributed by atoms with Crippen molar-refractivity contribution in [3.05, 3.63) is 11.8 Å². The largest absolute Gasteiger partial charge is 0.394 e. The number of hydrogen-bond donors (Lipinski definition) is 2. The highest BCUT2D eigenvalue weighted by Crippen LogP contribution is 2.23. The monoisotopic (exact) mass is 220 g/mol. The molecule has 2 rings (SSSR count). The first-order valence-electron chi connectivity index (χ1n) is 5.30. The molecule has 0 bridgehead atoms. The number of fused-ring (bicyclic) bond motifs is 1. The lowest BCUT2D eigenvalue weighted by Gasteiger charge is -2.12. The molecule has 0 aliphatic carbocycles. The Balaban J connectivity index is 2.41. The van der Waals surface area contributed by atoms with Crippen molar-refractivity contribution in [1.29, 1.82) is 0 Å². The number of nitrogens with zero attached hydrogens (tertiary/aromatic N) is 4. The summed E-state index contributed by atoms with van der Waals surface area (Å²) in [5.41, 5.74) is 9.04. The van der Waals surface area contributed by atoms with Gasteiger partial charge in [-0.2, -0.15) is 4.52 Å². The minimum Gasteiger partial charge on any atom is -0.394 e. The molecule has 6 nitrogen and oxygen atoms in total. The van der Waals surface area contributed by atoms with Crippen molar-refractivity contribution < 1.29 is 0 Å². The van der Waals surface area contributed by atoms with Crippen LogP contribution in [0.4, 0.5) is 11.4 Å². The number of rotatable bonds is 3. The first kappa shape index (κ1) is 10.7. The van der Waals surface area contributed by atoms with Crippen LogP contribution in [-0.4, -0.2) is 26.6 Å². The van der Waals surface area contributed by atoms with Crippen LogP contribution >= 0.6 is 0 Å². The van der Waals surface area contributed by atoms with Crippen molar-refractivity contribution in [2.45, 2.75) is 20.8 Å². The number of aryl methyl sites for hydroxylation is 1. The molecule has 6 heteroatoms. The molecule has 0 saturated carbocycles. The molecule has 0 amide bonds. The highest BCUT2D eigenvalue weighted by molar-refractivity contribution is 5.79. The molecule has 2 heterocycles. The smallest absolute Gasteiger partial charge is 0.204 e. The highest BCUT2D eigenvalue weighted by Gasteiger charge is 2.10. The van der Waals surface area contributed by atoms with E-state index in [4.69, 9.17) is 5.73 Å². The van der Waals surface area contributed by atoms with Crippen LogP contribution in [0.3, 0.4) is 0 Å². The van der Waals surface area contributed by atoms with Gasteiger partial charge in [0.2, 0.25) is 5.65 Å². The number of nitrogens with one attached hydrogen (secondary N) is 1. The van der Waals surface area contributed by atoms with Crippen LogP contribution in [0.5, 0.6) is 0 Å². The van der Waals surface area contributed by atoms with E-state index in [-0.39, 0.29) is 0 Å². The Labute approximate surface area is 93.8 Å². The molecule has 2 aromatic rings. The lowest BCUT2D eigenvalue weighted by molar-refractivity contribution is 0.689. The third-order valence-electron chi connectivity index (χ3n) is 2.39. The zero-order valence-corrected chi connectivity index (χ0v) is 9.73. The Morgan fingerprint density at radius 2 is 2.25 bits per heavy atom. The summed E-state index contributed by atoms with van der Waals surface area (Å²) < 4.78 is 1.63. The molecule has 0 radical (unpaired) electrons. The van der Waals surface area contributed by atoms with E-state index in [1.54, 1.807) is 4.52 Å². The second-order valence-corrected chi connectivity index (χ2v) is 4.30. The van der Waals surface area contributed by atoms with E-state index in [9.17, 15) is 0 Å². The van der Waals surface area contributed by atoms with E-state index in [0.29, 0.717) is 17.3 Å². The Kier molecular flexibility index (Phi) is 2.64. The third-order valence-corrected chi connectivity index (χ3v) is 2.39. The fourth-order valence-electron chi connectivity index (χ4n) is 1.52. The predicted octanol–water partition coefficient (Wildman–Crippen LogP) is 1.08. The number of aromatic nitrogens is 4. The summed E-state index contributed by atoms with van der Waals surface area (Å²) >= 11 is 0. The average molecular weight is 220 g/mol. The predicted molar refractivity (Wildman–Crippen MR) is 63.3 cm³/mol. The molecule has 2 aromatic heterocycles. The van der Waals surface area contributed by atoms with Crippen LogP contribution in [0.25, 0.3) is 5.65 Å². The second-order valence-electron chi connectivity index (χ2n) is 4.30. The zero-order valence-electron chi connectivity index (χ0n) is 9.73. The molecule has 0 saturated heterocycles. The van der Waals surface area contributed by atoms with Gasteiger partial charge >= 0.3 is 0 Å². The van der Waals surface area contributed by atoms with Crippen molar-refractivity contribution >= 4 is 17.0 Å². The summed E-state index contributed by atoms with van der Waals surface area (Å²) in [6.45, 7) is 7.12. The first-order chi connectivity index (χ1) is 7.59. The van der Waals surface area contributed by atoms with Gasteiger partial charge in [-0.3, -0.25) is 0 Å². The van der Waals surface area contributed by atoms with Gasteiger partial charge in [-0.25, -0.2) is 0 Å². The summed E-state index contributed by atoms with van der Waals surface area (Å²) in [6, 6.07) is 1.96. The van der Waals surface area contributed by atoms with Gasteiger partial charge in [0.25, 0.3) is 0 Å². The molecular formula is C10H16N6. The molecule has 0 atom stereocenters. The van der Waals surface area contributed by atoms with Gasteiger partial charge in [0.1, 0.15) is 5.69 Å². The molecule has 0 unspecified atom stereocenters. The van der Waals surface area contributed by atoms with Crippen LogP contribution < -0.4 is 11.1 Å². The van der Waals surface area contributed by atoms with Crippen LogP contribution in [0.1, 0.15) is 19.5 Å². The van der Waals surface area contributed by atoms with Gasteiger partial charge in [-0.15, -0.1) is 5.10 Å². The van der Waals surface area contributed by atoms with Crippen molar-refractivity contribution in [1.82, 2.24) is 20.0 Å². The van der Waals surface area contributed by atoms with E-state index in [0.717, 1.165) is 17.9 Å². The molecular weight excluding hydrogens is 204 g/mol. The molecule has 16 heavy (non-hydrogen) atoms. The van der Waals surface area contributed by atoms with E-state index >= 15 is 0 Å². The van der Waals surface area contributed by atoms with E-state index in [1.807, 2.05) is 13.0 Å². The van der Waals surface area contributed by atoms with E-state index in [1.165, 1.54) is 0 Å². The maximum atomic E-state index is 5.99. The third kappa shape index (κ3) is 1.78. The Morgan fingerprint density at radius 1 is 1.50 bits per heavy atom. The number of tetrazole rings is 1. The number of nitrogens with two attached hydrogens (primary N) is 1. The summed E-state index contributed by atoms with van der Waals surface area (Å²) in [4.78, 5) is 0. The standard InChI is InChI=1S/C10H16N6/c1-6(2)5-12-8-4-7(3)16-10(9(8)11)13-14-15-16/h4,6,12H,5,11H2,1-3H3. The van der Waals surface area contributed by atoms with Crippen LogP contribution in [0.15, 0.2) is 6.07 Å². The molecule has 0 aliphatic heterocycles. The number of hydrogen-bond acceptors (Lipinski definition) is 5. The maximum absolute atomic E-state index is 5.99. The van der Waals surface area contributed by atoms with Crippen LogP contribution in [-0.2, 0) is 0 Å². The van der Waals surface area contributed by atoms with Crippen molar-refractivity contribution in [2.24, 2.45) is 5.92 Å². The molecule has 3 N–H and O–H groups in total. The zero-order chi connectivity index (χ0) is 11.7. The summed E-state index contributed by atoms with van der Waals surface area (Å²) in [6.07, 6.45) is 0. The van der Waals surface area contributed by atoms with Crippen LogP contribution in [0.2, 0.25) is 0 Å². The molecule has 86 valence electrons. The number of anilines is 2. The van der Waals surface area contributed by atoms with Crippen molar-refractivity contribution in [3.63, 3.8) is 0 Å². The first-order valence-corrected chi connectivity index (χ1v) is 5.30. The molecule has 0 spiro atoms. The maximum Gasteiger partial charge on any atom is 0.204 e. The van der Waals surface area contributed by atoms with Gasteiger partial charge in [-0.1, -0.05) is 13.8 Å². The molecule has 0 fully saturated rings. The van der Waals surface area contributed by atoms with E-state index < -0.39 is 0 Å². The van der Waals surface area contributed by atoms with Gasteiger partial charge in [0, 0.05) is 12.2 Å². The topological polar surface area (TPSA) is 81.1 Å². The lowest BCUT2D eigenvalue weighted by atomic mass is 10.2. The van der Waals surface area contributed by atoms with Gasteiger partial charge < -0.3 is 11.1 Å². The molecule has 0 aliphatic rings. The van der Waals surface area contributed by atoms with E-state index in [2.05, 4.69) is 34.7 Å². The minimum atomic E-state index is 0.562. The van der Waals surface area contributed by atoms with Crippen molar-refractivity contribution in [3.8, 4) is 0 Å². The summed E-state index contributed by atoms with van der Waals surface area (Å²) in [5, 5.41) is 14.7. The fraction of sp³-hybridized carbons (Fsp3) is 0.500.